The molecule has 0 spiro atoms. The molecule has 0 amide bonds. The van der Waals surface area contributed by atoms with E-state index in [1.165, 1.54) is 10.0 Å². The zero-order valence-electron chi connectivity index (χ0n) is 11.4. The summed E-state index contributed by atoms with van der Waals surface area (Å²) in [6, 6.07) is 8.58. The minimum atomic E-state index is -0.0379. The Morgan fingerprint density at radius 2 is 2.00 bits per heavy atom. The number of nitrogens with one attached hydrogen (secondary N) is 1. The molecule has 3 heteroatoms. The second-order valence-corrected chi connectivity index (χ2v) is 6.68. The van der Waals surface area contributed by atoms with Crippen molar-refractivity contribution in [2.75, 3.05) is 20.2 Å². The predicted molar refractivity (Wildman–Crippen MR) is 79.0 cm³/mol. The van der Waals surface area contributed by atoms with Gasteiger partial charge in [-0.1, -0.05) is 34.1 Å². The van der Waals surface area contributed by atoms with E-state index in [0.29, 0.717) is 0 Å². The summed E-state index contributed by atoms with van der Waals surface area (Å²) in [5.41, 5.74) is 1.66. The first-order valence-corrected chi connectivity index (χ1v) is 7.29. The van der Waals surface area contributed by atoms with E-state index in [-0.39, 0.29) is 11.0 Å². The van der Waals surface area contributed by atoms with Gasteiger partial charge in [0.25, 0.3) is 0 Å². The third kappa shape index (κ3) is 2.79. The lowest BCUT2D eigenvalue weighted by atomic mass is 9.70. The highest BCUT2D eigenvalue weighted by Crippen LogP contribution is 2.39. The zero-order valence-corrected chi connectivity index (χ0v) is 13.0. The molecular formula is C15H22BrNO. The van der Waals surface area contributed by atoms with Crippen LogP contribution >= 0.6 is 15.9 Å². The third-order valence-electron chi connectivity index (χ3n) is 4.13. The van der Waals surface area contributed by atoms with Crippen LogP contribution in [0, 0.1) is 0 Å². The number of methoxy groups -OCH3 is 1. The highest BCUT2D eigenvalue weighted by molar-refractivity contribution is 9.10. The Morgan fingerprint density at radius 1 is 1.33 bits per heavy atom. The van der Waals surface area contributed by atoms with Crippen molar-refractivity contribution in [1.29, 1.82) is 0 Å². The van der Waals surface area contributed by atoms with Gasteiger partial charge in [-0.2, -0.15) is 0 Å². The standard InChI is InChI=1S/C15H22BrNO/c1-14(2,18-3)8-9-15(10-17-11-15)12-6-4-5-7-13(12)16/h4-7,17H,8-11H2,1-3H3. The van der Waals surface area contributed by atoms with Crippen molar-refractivity contribution in [3.05, 3.63) is 34.3 Å². The van der Waals surface area contributed by atoms with Gasteiger partial charge in [-0.25, -0.2) is 0 Å². The van der Waals surface area contributed by atoms with Crippen LogP contribution < -0.4 is 5.32 Å². The number of ether oxygens (including phenoxy) is 1. The topological polar surface area (TPSA) is 21.3 Å². The largest absolute Gasteiger partial charge is 0.379 e. The molecule has 2 rings (SSSR count). The quantitative estimate of drug-likeness (QED) is 0.898. The van der Waals surface area contributed by atoms with E-state index in [1.807, 2.05) is 0 Å². The Balaban J connectivity index is 2.15. The van der Waals surface area contributed by atoms with E-state index in [9.17, 15) is 0 Å². The molecule has 18 heavy (non-hydrogen) atoms. The Bertz CT molecular complexity index is 413. The number of hydrogen-bond donors (Lipinski definition) is 1. The fraction of sp³-hybridized carbons (Fsp3) is 0.600. The Kier molecular flexibility index (Phi) is 4.15. The first kappa shape index (κ1) is 14.0. The summed E-state index contributed by atoms with van der Waals surface area (Å²) in [5.74, 6) is 0. The molecule has 0 radical (unpaired) electrons. The average molecular weight is 312 g/mol. The summed E-state index contributed by atoms with van der Waals surface area (Å²) in [7, 11) is 1.80. The molecule has 1 aliphatic rings. The number of benzene rings is 1. The fourth-order valence-corrected chi connectivity index (χ4v) is 3.17. The Labute approximate surface area is 118 Å². The van der Waals surface area contributed by atoms with Crippen LogP contribution in [0.5, 0.6) is 0 Å². The number of rotatable bonds is 5. The smallest absolute Gasteiger partial charge is 0.0623 e. The Morgan fingerprint density at radius 3 is 2.50 bits per heavy atom. The average Bonchev–Trinajstić information content (AvgIpc) is 2.30. The van der Waals surface area contributed by atoms with Gasteiger partial charge >= 0.3 is 0 Å². The molecule has 1 N–H and O–H groups in total. The minimum absolute atomic E-state index is 0.0379. The summed E-state index contributed by atoms with van der Waals surface area (Å²) >= 11 is 3.69. The van der Waals surface area contributed by atoms with Gasteiger partial charge in [-0.3, -0.25) is 0 Å². The van der Waals surface area contributed by atoms with Crippen molar-refractivity contribution in [2.24, 2.45) is 0 Å². The molecule has 1 aliphatic heterocycles. The molecule has 0 bridgehead atoms. The predicted octanol–water partition coefficient (Wildman–Crippen LogP) is 3.50. The molecule has 1 aromatic rings. The van der Waals surface area contributed by atoms with Crippen LogP contribution in [0.2, 0.25) is 0 Å². The maximum atomic E-state index is 5.54. The van der Waals surface area contributed by atoms with E-state index in [0.717, 1.165) is 25.9 Å². The van der Waals surface area contributed by atoms with E-state index in [1.54, 1.807) is 7.11 Å². The molecular weight excluding hydrogens is 290 g/mol. The van der Waals surface area contributed by atoms with Crippen LogP contribution in [0.3, 0.4) is 0 Å². The highest BCUT2D eigenvalue weighted by Gasteiger charge is 2.40. The number of halogens is 1. The van der Waals surface area contributed by atoms with E-state index in [4.69, 9.17) is 4.74 Å². The lowest BCUT2D eigenvalue weighted by molar-refractivity contribution is 0.00561. The zero-order chi connectivity index (χ0) is 13.2. The van der Waals surface area contributed by atoms with Crippen molar-refractivity contribution >= 4 is 15.9 Å². The molecule has 100 valence electrons. The van der Waals surface area contributed by atoms with Crippen molar-refractivity contribution < 1.29 is 4.74 Å². The first-order valence-electron chi connectivity index (χ1n) is 6.50. The summed E-state index contributed by atoms with van der Waals surface area (Å²) in [5, 5.41) is 3.42. The van der Waals surface area contributed by atoms with Crippen LogP contribution in [0.15, 0.2) is 28.7 Å². The summed E-state index contributed by atoms with van der Waals surface area (Å²) in [6.07, 6.45) is 2.23. The van der Waals surface area contributed by atoms with Crippen molar-refractivity contribution in [3.8, 4) is 0 Å². The van der Waals surface area contributed by atoms with Gasteiger partial charge in [-0.05, 0) is 38.3 Å². The molecule has 0 aromatic heterocycles. The number of hydrogen-bond acceptors (Lipinski definition) is 2. The van der Waals surface area contributed by atoms with Crippen LogP contribution in [-0.4, -0.2) is 25.8 Å². The normalized spacial score (nSPS) is 18.4. The molecule has 1 saturated heterocycles. The fourth-order valence-electron chi connectivity index (χ4n) is 2.46. The van der Waals surface area contributed by atoms with Gasteiger partial charge in [0.15, 0.2) is 0 Å². The molecule has 1 heterocycles. The first-order chi connectivity index (χ1) is 8.49. The molecule has 2 nitrogen and oxygen atoms in total. The van der Waals surface area contributed by atoms with Crippen LogP contribution in [0.4, 0.5) is 0 Å². The van der Waals surface area contributed by atoms with Gasteiger partial charge in [0.2, 0.25) is 0 Å². The van der Waals surface area contributed by atoms with E-state index < -0.39 is 0 Å². The van der Waals surface area contributed by atoms with Crippen molar-refractivity contribution in [3.63, 3.8) is 0 Å². The molecule has 1 fully saturated rings. The summed E-state index contributed by atoms with van der Waals surface area (Å²) in [4.78, 5) is 0. The SMILES string of the molecule is COC(C)(C)CCC1(c2ccccc2Br)CNC1. The third-order valence-corrected chi connectivity index (χ3v) is 4.82. The lowest BCUT2D eigenvalue weighted by Crippen LogP contribution is -2.57. The van der Waals surface area contributed by atoms with Crippen LogP contribution in [0.25, 0.3) is 0 Å². The van der Waals surface area contributed by atoms with Crippen LogP contribution in [-0.2, 0) is 10.2 Å². The summed E-state index contributed by atoms with van der Waals surface area (Å²) in [6.45, 7) is 6.45. The van der Waals surface area contributed by atoms with Gasteiger partial charge in [-0.15, -0.1) is 0 Å². The summed E-state index contributed by atoms with van der Waals surface area (Å²) < 4.78 is 6.76. The van der Waals surface area contributed by atoms with E-state index in [2.05, 4.69) is 59.4 Å². The van der Waals surface area contributed by atoms with Gasteiger partial charge in [0.1, 0.15) is 0 Å². The van der Waals surface area contributed by atoms with Crippen molar-refractivity contribution in [2.45, 2.75) is 37.7 Å². The maximum Gasteiger partial charge on any atom is 0.0623 e. The van der Waals surface area contributed by atoms with Crippen LogP contribution in [0.1, 0.15) is 32.3 Å². The minimum Gasteiger partial charge on any atom is -0.379 e. The molecule has 0 saturated carbocycles. The van der Waals surface area contributed by atoms with Crippen molar-refractivity contribution in [1.82, 2.24) is 5.32 Å². The lowest BCUT2D eigenvalue weighted by Gasteiger charge is -2.45. The molecule has 1 aromatic carbocycles. The van der Waals surface area contributed by atoms with Gasteiger partial charge < -0.3 is 10.1 Å². The van der Waals surface area contributed by atoms with Gasteiger partial charge in [0, 0.05) is 30.1 Å². The van der Waals surface area contributed by atoms with E-state index >= 15 is 0 Å². The highest BCUT2D eigenvalue weighted by atomic mass is 79.9. The second-order valence-electron chi connectivity index (χ2n) is 5.83. The second kappa shape index (κ2) is 5.32. The monoisotopic (exact) mass is 311 g/mol. The Hall–Kier alpha value is -0.380. The maximum absolute atomic E-state index is 5.54. The van der Waals surface area contributed by atoms with Gasteiger partial charge in [0.05, 0.1) is 5.60 Å². The molecule has 0 unspecified atom stereocenters. The molecule has 0 atom stereocenters. The molecule has 0 aliphatic carbocycles.